The van der Waals surface area contributed by atoms with Gasteiger partial charge in [0.05, 0.1) is 4.88 Å². The highest BCUT2D eigenvalue weighted by molar-refractivity contribution is 7.14. The van der Waals surface area contributed by atoms with E-state index < -0.39 is 5.91 Å². The van der Waals surface area contributed by atoms with Gasteiger partial charge in [-0.25, -0.2) is 5.48 Å². The molecule has 1 fully saturated rings. The van der Waals surface area contributed by atoms with Crippen LogP contribution in [0.1, 0.15) is 45.4 Å². The Bertz CT molecular complexity index is 793. The number of hydroxylamine groups is 1. The van der Waals surface area contributed by atoms with Crippen molar-refractivity contribution in [1.82, 2.24) is 10.4 Å². The van der Waals surface area contributed by atoms with Crippen LogP contribution in [-0.4, -0.2) is 35.2 Å². The first kappa shape index (κ1) is 17.8. The second kappa shape index (κ2) is 7.56. The number of piperidine rings is 1. The Labute approximate surface area is 161 Å². The molecule has 2 aliphatic heterocycles. The van der Waals surface area contributed by atoms with Crippen molar-refractivity contribution in [2.45, 2.75) is 37.8 Å². The molecule has 2 aliphatic rings. The van der Waals surface area contributed by atoms with Crippen molar-refractivity contribution in [1.29, 1.82) is 0 Å². The molecule has 2 aromatic rings. The topological polar surface area (TPSA) is 61.8 Å². The highest BCUT2D eigenvalue weighted by Crippen LogP contribution is 2.44. The molecule has 3 heterocycles. The van der Waals surface area contributed by atoms with E-state index in [2.05, 4.69) is 4.90 Å². The summed E-state index contributed by atoms with van der Waals surface area (Å²) in [5, 5.41) is 9.61. The summed E-state index contributed by atoms with van der Waals surface area (Å²) in [5.41, 5.74) is 2.99. The summed E-state index contributed by atoms with van der Waals surface area (Å²) >= 11 is 7.41. The number of carbonyl (C=O) groups excluding carboxylic acids is 1. The van der Waals surface area contributed by atoms with Gasteiger partial charge in [-0.15, -0.1) is 11.3 Å². The maximum absolute atomic E-state index is 11.8. The number of amides is 1. The monoisotopic (exact) mass is 392 g/mol. The third-order valence-corrected chi connectivity index (χ3v) is 6.69. The van der Waals surface area contributed by atoms with Crippen LogP contribution in [0.3, 0.4) is 0 Å². The number of benzene rings is 1. The summed E-state index contributed by atoms with van der Waals surface area (Å²) in [4.78, 5) is 16.2. The molecular formula is C19H21ClN2O3S. The van der Waals surface area contributed by atoms with Crippen LogP contribution in [0.15, 0.2) is 30.3 Å². The molecule has 2 unspecified atom stereocenters. The lowest BCUT2D eigenvalue weighted by molar-refractivity contribution is 0.0560. The highest BCUT2D eigenvalue weighted by Gasteiger charge is 2.38. The molecule has 5 nitrogen and oxygen atoms in total. The Hall–Kier alpha value is -1.60. The van der Waals surface area contributed by atoms with Gasteiger partial charge in [0.1, 0.15) is 12.4 Å². The number of halogens is 1. The largest absolute Gasteiger partial charge is 0.492 e. The third kappa shape index (κ3) is 3.47. The SMILES string of the molecule is O=C(NO)c1cc2c(s1)CC1CCCC2N1CCOc1ccc(Cl)cc1. The van der Waals surface area contributed by atoms with Crippen molar-refractivity contribution in [3.63, 3.8) is 0 Å². The zero-order valence-corrected chi connectivity index (χ0v) is 15.9. The maximum atomic E-state index is 11.8. The number of carbonyl (C=O) groups is 1. The Morgan fingerprint density at radius 2 is 2.15 bits per heavy atom. The average Bonchev–Trinajstić information content (AvgIpc) is 3.06. The van der Waals surface area contributed by atoms with Crippen molar-refractivity contribution < 1.29 is 14.7 Å². The quantitative estimate of drug-likeness (QED) is 0.595. The van der Waals surface area contributed by atoms with Crippen LogP contribution < -0.4 is 10.2 Å². The van der Waals surface area contributed by atoms with Crippen LogP contribution in [0.2, 0.25) is 5.02 Å². The fourth-order valence-corrected chi connectivity index (χ4v) is 5.39. The number of thiophene rings is 1. The minimum Gasteiger partial charge on any atom is -0.492 e. The standard InChI is InChI=1S/C19H21ClN2O3S/c20-12-4-6-14(7-5-12)25-9-8-22-13-2-1-3-16(22)15-11-18(19(23)21-24)26-17(15)10-13/h4-7,11,13,16,24H,1-3,8-10H2,(H,21,23). The summed E-state index contributed by atoms with van der Waals surface area (Å²) in [6.07, 6.45) is 4.45. The van der Waals surface area contributed by atoms with E-state index in [9.17, 15) is 4.79 Å². The summed E-state index contributed by atoms with van der Waals surface area (Å²) < 4.78 is 5.88. The van der Waals surface area contributed by atoms with Crippen molar-refractivity contribution in [3.8, 4) is 5.75 Å². The molecule has 0 aliphatic carbocycles. The number of hydrogen-bond donors (Lipinski definition) is 2. The first-order valence-electron chi connectivity index (χ1n) is 8.87. The van der Waals surface area contributed by atoms with E-state index in [4.69, 9.17) is 21.5 Å². The summed E-state index contributed by atoms with van der Waals surface area (Å²) in [6.45, 7) is 1.48. The van der Waals surface area contributed by atoms with Crippen LogP contribution in [-0.2, 0) is 6.42 Å². The lowest BCUT2D eigenvalue weighted by atomic mass is 9.84. The second-order valence-electron chi connectivity index (χ2n) is 6.77. The molecule has 26 heavy (non-hydrogen) atoms. The summed E-state index contributed by atoms with van der Waals surface area (Å²) in [7, 11) is 0. The van der Waals surface area contributed by atoms with Gasteiger partial charge < -0.3 is 4.74 Å². The minimum atomic E-state index is -0.420. The fraction of sp³-hybridized carbons (Fsp3) is 0.421. The molecule has 2 atom stereocenters. The number of hydrogen-bond acceptors (Lipinski definition) is 5. The zero-order chi connectivity index (χ0) is 18.1. The van der Waals surface area contributed by atoms with Crippen LogP contribution >= 0.6 is 22.9 Å². The van der Waals surface area contributed by atoms with E-state index in [-0.39, 0.29) is 0 Å². The molecule has 0 saturated carbocycles. The molecule has 7 heteroatoms. The minimum absolute atomic E-state index is 0.336. The first-order valence-corrected chi connectivity index (χ1v) is 10.1. The summed E-state index contributed by atoms with van der Waals surface area (Å²) in [6, 6.07) is 10.2. The van der Waals surface area contributed by atoms with Crippen molar-refractivity contribution >= 4 is 28.8 Å². The van der Waals surface area contributed by atoms with E-state index in [0.717, 1.165) is 25.1 Å². The molecule has 1 aromatic carbocycles. The van der Waals surface area contributed by atoms with Gasteiger partial charge in [-0.1, -0.05) is 11.6 Å². The van der Waals surface area contributed by atoms with Crippen LogP contribution in [0.5, 0.6) is 5.75 Å². The van der Waals surface area contributed by atoms with E-state index in [1.807, 2.05) is 30.3 Å². The van der Waals surface area contributed by atoms with Crippen LogP contribution in [0, 0.1) is 0 Å². The lowest BCUT2D eigenvalue weighted by Crippen LogP contribution is -2.47. The molecule has 2 bridgehead atoms. The molecule has 1 saturated heterocycles. The molecule has 0 spiro atoms. The van der Waals surface area contributed by atoms with E-state index in [1.165, 1.54) is 34.6 Å². The van der Waals surface area contributed by atoms with Crippen molar-refractivity contribution in [2.75, 3.05) is 13.2 Å². The normalized spacial score (nSPS) is 21.9. The Balaban J connectivity index is 1.46. The third-order valence-electron chi connectivity index (χ3n) is 5.26. The van der Waals surface area contributed by atoms with Gasteiger partial charge in [-0.2, -0.15) is 0 Å². The van der Waals surface area contributed by atoms with Gasteiger partial charge in [0, 0.05) is 28.5 Å². The van der Waals surface area contributed by atoms with E-state index in [1.54, 1.807) is 5.48 Å². The number of ether oxygens (including phenoxy) is 1. The Kier molecular flexibility index (Phi) is 5.18. The smallest absolute Gasteiger partial charge is 0.284 e. The molecule has 0 radical (unpaired) electrons. The van der Waals surface area contributed by atoms with Gasteiger partial charge in [-0.05, 0) is 61.6 Å². The van der Waals surface area contributed by atoms with Gasteiger partial charge in [-0.3, -0.25) is 14.9 Å². The van der Waals surface area contributed by atoms with E-state index >= 15 is 0 Å². The first-order chi connectivity index (χ1) is 12.7. The fourth-order valence-electron chi connectivity index (χ4n) is 4.09. The molecule has 4 rings (SSSR count). The van der Waals surface area contributed by atoms with Crippen LogP contribution in [0.25, 0.3) is 0 Å². The lowest BCUT2D eigenvalue weighted by Gasteiger charge is -2.46. The predicted octanol–water partition coefficient (Wildman–Crippen LogP) is 4.05. The number of nitrogens with zero attached hydrogens (tertiary/aromatic N) is 1. The second-order valence-corrected chi connectivity index (χ2v) is 8.35. The van der Waals surface area contributed by atoms with Crippen molar-refractivity contribution in [3.05, 3.63) is 50.7 Å². The molecule has 2 N–H and O–H groups in total. The molecule has 138 valence electrons. The number of nitrogens with one attached hydrogen (secondary N) is 1. The maximum Gasteiger partial charge on any atom is 0.284 e. The van der Waals surface area contributed by atoms with Gasteiger partial charge in [0.15, 0.2) is 0 Å². The summed E-state index contributed by atoms with van der Waals surface area (Å²) in [5.74, 6) is 0.409. The zero-order valence-electron chi connectivity index (χ0n) is 14.3. The number of rotatable bonds is 5. The molecule has 1 amide bonds. The molecule has 1 aromatic heterocycles. The average molecular weight is 393 g/mol. The van der Waals surface area contributed by atoms with Crippen LogP contribution in [0.4, 0.5) is 0 Å². The number of fused-ring (bicyclic) bond motifs is 4. The van der Waals surface area contributed by atoms with Gasteiger partial charge in [0.25, 0.3) is 5.91 Å². The van der Waals surface area contributed by atoms with E-state index in [0.29, 0.717) is 28.6 Å². The van der Waals surface area contributed by atoms with Gasteiger partial charge >= 0.3 is 0 Å². The van der Waals surface area contributed by atoms with Crippen molar-refractivity contribution in [2.24, 2.45) is 0 Å². The predicted molar refractivity (Wildman–Crippen MR) is 101 cm³/mol. The van der Waals surface area contributed by atoms with Gasteiger partial charge in [0.2, 0.25) is 0 Å². The highest BCUT2D eigenvalue weighted by atomic mass is 35.5. The Morgan fingerprint density at radius 3 is 2.92 bits per heavy atom. The molecular weight excluding hydrogens is 372 g/mol. The Morgan fingerprint density at radius 1 is 1.35 bits per heavy atom.